The van der Waals surface area contributed by atoms with Crippen LogP contribution in [0.5, 0.6) is 5.75 Å². The lowest BCUT2D eigenvalue weighted by atomic mass is 9.69. The number of fused-ring (bicyclic) bond motifs is 1. The van der Waals surface area contributed by atoms with Crippen LogP contribution in [-0.2, 0) is 11.3 Å². The van der Waals surface area contributed by atoms with E-state index in [0.717, 1.165) is 19.3 Å². The fourth-order valence-electron chi connectivity index (χ4n) is 5.03. The van der Waals surface area contributed by atoms with Crippen LogP contribution in [0.3, 0.4) is 0 Å². The van der Waals surface area contributed by atoms with E-state index in [0.29, 0.717) is 28.6 Å². The number of ether oxygens (including phenoxy) is 2. The minimum Gasteiger partial charge on any atom is -0.497 e. The minimum absolute atomic E-state index is 0.135. The van der Waals surface area contributed by atoms with Crippen molar-refractivity contribution in [3.63, 3.8) is 0 Å². The van der Waals surface area contributed by atoms with Crippen LogP contribution in [0.4, 0.5) is 4.79 Å². The van der Waals surface area contributed by atoms with Crippen LogP contribution >= 0.6 is 0 Å². The van der Waals surface area contributed by atoms with Crippen LogP contribution in [-0.4, -0.2) is 40.4 Å². The molecule has 0 aliphatic heterocycles. The SMILES string of the molecule is CC.COc1ccc2c(c1)n(CCNC(=O)OC(C)(C)C)c(=O)n2C(=O)C1CC(C)CC[C@H]1C(C)C. The first-order valence-electron chi connectivity index (χ1n) is 13.2. The Balaban J connectivity index is 0.00000222. The Morgan fingerprint density at radius 1 is 1.14 bits per heavy atom. The van der Waals surface area contributed by atoms with Gasteiger partial charge in [-0.1, -0.05) is 41.0 Å². The van der Waals surface area contributed by atoms with Crippen molar-refractivity contribution in [2.45, 2.75) is 86.8 Å². The van der Waals surface area contributed by atoms with Gasteiger partial charge in [-0.15, -0.1) is 0 Å². The Morgan fingerprint density at radius 3 is 2.39 bits per heavy atom. The van der Waals surface area contributed by atoms with Gasteiger partial charge in [-0.25, -0.2) is 14.2 Å². The maximum atomic E-state index is 13.8. The number of nitrogens with one attached hydrogen (secondary N) is 1. The van der Waals surface area contributed by atoms with Gasteiger partial charge in [-0.3, -0.25) is 9.36 Å². The maximum Gasteiger partial charge on any atom is 0.407 e. The van der Waals surface area contributed by atoms with Crippen molar-refractivity contribution in [3.05, 3.63) is 28.7 Å². The first-order chi connectivity index (χ1) is 16.9. The molecule has 1 aromatic carbocycles. The van der Waals surface area contributed by atoms with Crippen molar-refractivity contribution < 1.29 is 19.1 Å². The minimum atomic E-state index is -0.610. The zero-order chi connectivity index (χ0) is 27.2. The molecule has 1 heterocycles. The molecule has 1 N–H and O–H groups in total. The van der Waals surface area contributed by atoms with E-state index >= 15 is 0 Å². The second kappa shape index (κ2) is 12.5. The number of carbonyl (C=O) groups excluding carboxylic acids is 2. The van der Waals surface area contributed by atoms with Gasteiger partial charge in [0.15, 0.2) is 0 Å². The number of alkyl carbamates (subject to hydrolysis) is 1. The second-order valence-corrected chi connectivity index (χ2v) is 10.8. The Bertz CT molecular complexity index is 1090. The topological polar surface area (TPSA) is 91.6 Å². The summed E-state index contributed by atoms with van der Waals surface area (Å²) in [6, 6.07) is 5.29. The number of hydrogen-bond acceptors (Lipinski definition) is 5. The molecule has 1 aliphatic carbocycles. The van der Waals surface area contributed by atoms with E-state index in [4.69, 9.17) is 9.47 Å². The molecule has 202 valence electrons. The van der Waals surface area contributed by atoms with Gasteiger partial charge in [0.2, 0.25) is 5.91 Å². The average Bonchev–Trinajstić information content (AvgIpc) is 3.09. The molecule has 0 bridgehead atoms. The molecule has 1 amide bonds. The predicted octanol–water partition coefficient (Wildman–Crippen LogP) is 5.71. The van der Waals surface area contributed by atoms with Crippen LogP contribution in [0.15, 0.2) is 23.0 Å². The Labute approximate surface area is 215 Å². The highest BCUT2D eigenvalue weighted by molar-refractivity contribution is 5.92. The summed E-state index contributed by atoms with van der Waals surface area (Å²) in [7, 11) is 1.56. The Hall–Kier alpha value is -2.77. The van der Waals surface area contributed by atoms with Crippen molar-refractivity contribution in [2.24, 2.45) is 23.7 Å². The van der Waals surface area contributed by atoms with Gasteiger partial charge >= 0.3 is 11.8 Å². The number of imidazole rings is 1. The quantitative estimate of drug-likeness (QED) is 0.545. The van der Waals surface area contributed by atoms with Crippen molar-refractivity contribution in [1.29, 1.82) is 0 Å². The standard InChI is InChI=1S/C26H39N3O5.C2H6/c1-16(2)19-10-8-17(3)14-20(19)23(30)29-21-11-9-18(33-7)15-22(21)28(25(29)32)13-12-27-24(31)34-26(4,5)6;1-2/h9,11,15-17,19-20H,8,10,12-14H2,1-7H3,(H,27,31);1-2H3/t17?,19-,20?;/m0./s1. The first kappa shape index (κ1) is 29.5. The zero-order valence-electron chi connectivity index (χ0n) is 23.5. The molecule has 8 nitrogen and oxygen atoms in total. The van der Waals surface area contributed by atoms with Crippen LogP contribution in [0.1, 0.15) is 79.4 Å². The number of amides is 1. The number of aromatic nitrogens is 2. The summed E-state index contributed by atoms with van der Waals surface area (Å²) < 4.78 is 13.5. The van der Waals surface area contributed by atoms with Crippen LogP contribution in [0.2, 0.25) is 0 Å². The smallest absolute Gasteiger partial charge is 0.407 e. The highest BCUT2D eigenvalue weighted by Gasteiger charge is 2.37. The highest BCUT2D eigenvalue weighted by atomic mass is 16.6. The molecule has 1 fully saturated rings. The molecule has 3 atom stereocenters. The van der Waals surface area contributed by atoms with Gasteiger partial charge in [0.25, 0.3) is 0 Å². The van der Waals surface area contributed by atoms with E-state index in [-0.39, 0.29) is 36.5 Å². The molecule has 2 unspecified atom stereocenters. The van der Waals surface area contributed by atoms with Gasteiger partial charge in [0, 0.05) is 25.1 Å². The van der Waals surface area contributed by atoms with E-state index in [1.807, 2.05) is 13.8 Å². The molecule has 1 saturated carbocycles. The van der Waals surface area contributed by atoms with Crippen molar-refractivity contribution >= 4 is 23.0 Å². The number of nitrogens with zero attached hydrogens (tertiary/aromatic N) is 2. The molecule has 36 heavy (non-hydrogen) atoms. The van der Waals surface area contributed by atoms with E-state index in [9.17, 15) is 14.4 Å². The van der Waals surface area contributed by atoms with Crippen LogP contribution in [0.25, 0.3) is 11.0 Å². The summed E-state index contributed by atoms with van der Waals surface area (Å²) >= 11 is 0. The molecule has 0 saturated heterocycles. The van der Waals surface area contributed by atoms with Gasteiger partial charge in [-0.2, -0.15) is 0 Å². The number of carbonyl (C=O) groups is 2. The number of rotatable bonds is 6. The van der Waals surface area contributed by atoms with E-state index < -0.39 is 11.7 Å². The summed E-state index contributed by atoms with van der Waals surface area (Å²) in [5.41, 5.74) is 0.170. The van der Waals surface area contributed by atoms with Gasteiger partial charge < -0.3 is 14.8 Å². The van der Waals surface area contributed by atoms with Crippen LogP contribution in [0, 0.1) is 23.7 Å². The van der Waals surface area contributed by atoms with Crippen LogP contribution < -0.4 is 15.7 Å². The van der Waals surface area contributed by atoms with Gasteiger partial charge in [0.05, 0.1) is 18.1 Å². The summed E-state index contributed by atoms with van der Waals surface area (Å²) in [5, 5.41) is 2.69. The van der Waals surface area contributed by atoms with Crippen molar-refractivity contribution in [1.82, 2.24) is 14.5 Å². The van der Waals surface area contributed by atoms with E-state index in [1.165, 1.54) is 9.13 Å². The third-order valence-electron chi connectivity index (χ3n) is 6.70. The number of hydrogen-bond donors (Lipinski definition) is 1. The third-order valence-corrected chi connectivity index (χ3v) is 6.70. The fraction of sp³-hybridized carbons (Fsp3) is 0.679. The molecular weight excluding hydrogens is 458 g/mol. The van der Waals surface area contributed by atoms with Gasteiger partial charge in [0.1, 0.15) is 11.4 Å². The molecule has 1 aliphatic rings. The normalized spacial score (nSPS) is 20.0. The summed E-state index contributed by atoms with van der Waals surface area (Å²) in [4.78, 5) is 39.4. The summed E-state index contributed by atoms with van der Waals surface area (Å²) in [6.07, 6.45) is 2.35. The molecule has 0 radical (unpaired) electrons. The molecule has 2 aromatic rings. The molecule has 1 aromatic heterocycles. The van der Waals surface area contributed by atoms with Crippen molar-refractivity contribution in [3.8, 4) is 5.75 Å². The maximum absolute atomic E-state index is 13.8. The molecule has 0 spiro atoms. The molecular formula is C28H45N3O5. The molecule has 3 rings (SSSR count). The second-order valence-electron chi connectivity index (χ2n) is 10.8. The summed E-state index contributed by atoms with van der Waals surface area (Å²) in [6.45, 7) is 16.2. The van der Waals surface area contributed by atoms with Gasteiger partial charge in [-0.05, 0) is 63.5 Å². The monoisotopic (exact) mass is 503 g/mol. The fourth-order valence-corrected chi connectivity index (χ4v) is 5.03. The Morgan fingerprint density at radius 2 is 1.81 bits per heavy atom. The predicted molar refractivity (Wildman–Crippen MR) is 144 cm³/mol. The lowest BCUT2D eigenvalue weighted by Crippen LogP contribution is -2.41. The Kier molecular flexibility index (Phi) is 10.2. The number of methoxy groups -OCH3 is 1. The lowest BCUT2D eigenvalue weighted by Gasteiger charge is -2.36. The lowest BCUT2D eigenvalue weighted by molar-refractivity contribution is 0.0524. The highest BCUT2D eigenvalue weighted by Crippen LogP contribution is 2.39. The van der Waals surface area contributed by atoms with E-state index in [2.05, 4.69) is 26.1 Å². The number of benzene rings is 1. The molecule has 8 heteroatoms. The largest absolute Gasteiger partial charge is 0.497 e. The average molecular weight is 504 g/mol. The zero-order valence-corrected chi connectivity index (χ0v) is 23.5. The van der Waals surface area contributed by atoms with E-state index in [1.54, 1.807) is 46.1 Å². The third kappa shape index (κ3) is 6.92. The summed E-state index contributed by atoms with van der Waals surface area (Å²) in [5.74, 6) is 1.33. The van der Waals surface area contributed by atoms with Crippen molar-refractivity contribution in [2.75, 3.05) is 13.7 Å². The first-order valence-corrected chi connectivity index (χ1v) is 13.2.